The largest absolute Gasteiger partial charge is 0.341 e. The first-order valence-electron chi connectivity index (χ1n) is 6.03. The molecule has 0 spiro atoms. The fourth-order valence-electron chi connectivity index (χ4n) is 1.91. The van der Waals surface area contributed by atoms with E-state index in [1.807, 2.05) is 25.2 Å². The highest BCUT2D eigenvalue weighted by Crippen LogP contribution is 2.34. The number of rotatable bonds is 4. The minimum Gasteiger partial charge on any atom is -0.341 e. The molecule has 0 bridgehead atoms. The van der Waals surface area contributed by atoms with Crippen molar-refractivity contribution in [2.45, 2.75) is 16.5 Å². The third-order valence-electron chi connectivity index (χ3n) is 2.82. The Balaban J connectivity index is 2.03. The molecule has 3 rings (SSSR count). The van der Waals surface area contributed by atoms with Gasteiger partial charge in [0.1, 0.15) is 16.9 Å². The Bertz CT molecular complexity index is 742. The Labute approximate surface area is 125 Å². The molecular weight excluding hydrogens is 294 g/mol. The number of H-pyrrole nitrogens is 1. The van der Waals surface area contributed by atoms with Gasteiger partial charge in [0.15, 0.2) is 5.65 Å². The lowest BCUT2D eigenvalue weighted by Crippen LogP contribution is -2.06. The minimum absolute atomic E-state index is 0.666. The minimum atomic E-state index is 0.666. The zero-order valence-corrected chi connectivity index (χ0v) is 12.3. The number of aromatic nitrogens is 4. The Morgan fingerprint density at radius 2 is 2.20 bits per heavy atom. The van der Waals surface area contributed by atoms with Crippen LogP contribution >= 0.6 is 23.4 Å². The van der Waals surface area contributed by atoms with Crippen molar-refractivity contribution in [3.8, 4) is 0 Å². The summed E-state index contributed by atoms with van der Waals surface area (Å²) < 4.78 is 0. The zero-order valence-electron chi connectivity index (χ0n) is 10.7. The molecule has 0 atom stereocenters. The number of halogens is 1. The van der Waals surface area contributed by atoms with E-state index < -0.39 is 0 Å². The molecule has 0 saturated carbocycles. The van der Waals surface area contributed by atoms with Gasteiger partial charge in [0, 0.05) is 16.5 Å². The van der Waals surface area contributed by atoms with Gasteiger partial charge in [-0.2, -0.15) is 0 Å². The first kappa shape index (κ1) is 13.4. The molecule has 1 aromatic carbocycles. The smallest absolute Gasteiger partial charge is 0.181 e. The molecule has 2 N–H and O–H groups in total. The van der Waals surface area contributed by atoms with Crippen molar-refractivity contribution in [2.24, 2.45) is 0 Å². The van der Waals surface area contributed by atoms with Gasteiger partial charge < -0.3 is 10.3 Å². The van der Waals surface area contributed by atoms with Crippen LogP contribution in [-0.4, -0.2) is 27.0 Å². The number of benzene rings is 1. The number of nitrogens with one attached hydrogen (secondary N) is 2. The lowest BCUT2D eigenvalue weighted by Gasteiger charge is -2.10. The summed E-state index contributed by atoms with van der Waals surface area (Å²) in [6.45, 7) is 0.708. The highest BCUT2D eigenvalue weighted by Gasteiger charge is 2.12. The standard InChI is InChI=1S/C13H12ClN5S/c1-15-5-8-9(14)3-2-4-10(8)20-13-11-12(17-6-16-11)18-7-19-13/h2-4,6-7,15H,5H2,1H3,(H,16,17,18,19). The maximum Gasteiger partial charge on any atom is 0.181 e. The number of hydrogen-bond acceptors (Lipinski definition) is 5. The molecule has 0 fully saturated rings. The molecule has 5 nitrogen and oxygen atoms in total. The fourth-order valence-corrected chi connectivity index (χ4v) is 3.22. The number of hydrogen-bond donors (Lipinski definition) is 2. The van der Waals surface area contributed by atoms with Crippen LogP contribution in [0.2, 0.25) is 5.02 Å². The van der Waals surface area contributed by atoms with Gasteiger partial charge in [-0.25, -0.2) is 15.0 Å². The SMILES string of the molecule is CNCc1c(Cl)cccc1Sc1ncnc2nc[nH]c12. The van der Waals surface area contributed by atoms with Crippen LogP contribution in [0.5, 0.6) is 0 Å². The van der Waals surface area contributed by atoms with Gasteiger partial charge in [0.25, 0.3) is 0 Å². The highest BCUT2D eigenvalue weighted by molar-refractivity contribution is 7.99. The van der Waals surface area contributed by atoms with Gasteiger partial charge in [0.05, 0.1) is 6.33 Å². The maximum absolute atomic E-state index is 6.27. The molecule has 0 aliphatic carbocycles. The second kappa shape index (κ2) is 5.78. The van der Waals surface area contributed by atoms with Gasteiger partial charge in [-0.05, 0) is 24.7 Å². The Kier molecular flexibility index (Phi) is 3.86. The van der Waals surface area contributed by atoms with Gasteiger partial charge in [-0.3, -0.25) is 0 Å². The van der Waals surface area contributed by atoms with E-state index in [1.165, 1.54) is 6.33 Å². The summed E-state index contributed by atoms with van der Waals surface area (Å²) >= 11 is 7.82. The average Bonchev–Trinajstić information content (AvgIpc) is 2.92. The van der Waals surface area contributed by atoms with E-state index in [4.69, 9.17) is 11.6 Å². The van der Waals surface area contributed by atoms with Crippen molar-refractivity contribution in [1.29, 1.82) is 0 Å². The molecule has 2 heterocycles. The first-order chi connectivity index (χ1) is 9.79. The molecule has 0 aliphatic heterocycles. The third-order valence-corrected chi connectivity index (χ3v) is 4.28. The Morgan fingerprint density at radius 1 is 1.30 bits per heavy atom. The van der Waals surface area contributed by atoms with E-state index in [1.54, 1.807) is 18.1 Å². The second-order valence-electron chi connectivity index (χ2n) is 4.13. The Morgan fingerprint density at radius 3 is 3.05 bits per heavy atom. The third kappa shape index (κ3) is 2.49. The molecule has 0 radical (unpaired) electrons. The van der Waals surface area contributed by atoms with Crippen LogP contribution in [0.3, 0.4) is 0 Å². The van der Waals surface area contributed by atoms with Gasteiger partial charge in [-0.15, -0.1) is 0 Å². The predicted octanol–water partition coefficient (Wildman–Crippen LogP) is 2.88. The lowest BCUT2D eigenvalue weighted by atomic mass is 10.2. The second-order valence-corrected chi connectivity index (χ2v) is 5.57. The van der Waals surface area contributed by atoms with E-state index in [0.717, 1.165) is 26.0 Å². The molecule has 2 aromatic heterocycles. The first-order valence-corrected chi connectivity index (χ1v) is 7.23. The molecule has 0 unspecified atom stereocenters. The van der Waals surface area contributed by atoms with E-state index in [9.17, 15) is 0 Å². The van der Waals surface area contributed by atoms with Crippen molar-refractivity contribution in [1.82, 2.24) is 25.3 Å². The average molecular weight is 306 g/mol. The van der Waals surface area contributed by atoms with Crippen molar-refractivity contribution in [3.63, 3.8) is 0 Å². The fraction of sp³-hybridized carbons (Fsp3) is 0.154. The molecular formula is C13H12ClN5S. The van der Waals surface area contributed by atoms with E-state index in [0.29, 0.717) is 12.2 Å². The van der Waals surface area contributed by atoms with Crippen molar-refractivity contribution in [2.75, 3.05) is 7.05 Å². The van der Waals surface area contributed by atoms with Crippen molar-refractivity contribution >= 4 is 34.5 Å². The molecule has 0 amide bonds. The summed E-state index contributed by atoms with van der Waals surface area (Å²) in [4.78, 5) is 16.7. The monoisotopic (exact) mass is 305 g/mol. The van der Waals surface area contributed by atoms with Crippen LogP contribution in [0.4, 0.5) is 0 Å². The van der Waals surface area contributed by atoms with E-state index in [-0.39, 0.29) is 0 Å². The molecule has 0 aliphatic rings. The van der Waals surface area contributed by atoms with Crippen LogP contribution < -0.4 is 5.32 Å². The summed E-state index contributed by atoms with van der Waals surface area (Å²) in [5.74, 6) is 0. The van der Waals surface area contributed by atoms with E-state index in [2.05, 4.69) is 25.3 Å². The van der Waals surface area contributed by atoms with Crippen LogP contribution in [0.15, 0.2) is 40.8 Å². The van der Waals surface area contributed by atoms with Crippen LogP contribution in [-0.2, 0) is 6.54 Å². The summed E-state index contributed by atoms with van der Waals surface area (Å²) in [6, 6.07) is 5.87. The summed E-state index contributed by atoms with van der Waals surface area (Å²) in [6.07, 6.45) is 3.14. The topological polar surface area (TPSA) is 66.5 Å². The number of nitrogens with zero attached hydrogens (tertiary/aromatic N) is 3. The summed E-state index contributed by atoms with van der Waals surface area (Å²) in [5.41, 5.74) is 2.57. The number of aromatic amines is 1. The summed E-state index contributed by atoms with van der Waals surface area (Å²) in [7, 11) is 1.90. The molecule has 0 saturated heterocycles. The highest BCUT2D eigenvalue weighted by atomic mass is 35.5. The number of fused-ring (bicyclic) bond motifs is 1. The maximum atomic E-state index is 6.27. The number of imidazole rings is 1. The van der Waals surface area contributed by atoms with Gasteiger partial charge in [-0.1, -0.05) is 29.4 Å². The van der Waals surface area contributed by atoms with Gasteiger partial charge in [0.2, 0.25) is 0 Å². The van der Waals surface area contributed by atoms with Crippen LogP contribution in [0.25, 0.3) is 11.2 Å². The molecule has 20 heavy (non-hydrogen) atoms. The normalized spacial score (nSPS) is 11.1. The molecule has 7 heteroatoms. The Hall–Kier alpha value is -1.63. The van der Waals surface area contributed by atoms with Crippen molar-refractivity contribution < 1.29 is 0 Å². The van der Waals surface area contributed by atoms with E-state index >= 15 is 0 Å². The summed E-state index contributed by atoms with van der Waals surface area (Å²) in [5, 5.41) is 4.72. The predicted molar refractivity (Wildman–Crippen MR) is 80.0 cm³/mol. The van der Waals surface area contributed by atoms with Crippen molar-refractivity contribution in [3.05, 3.63) is 41.4 Å². The molecule has 3 aromatic rings. The quantitative estimate of drug-likeness (QED) is 0.726. The zero-order chi connectivity index (χ0) is 13.9. The van der Waals surface area contributed by atoms with Crippen LogP contribution in [0, 0.1) is 0 Å². The molecule has 102 valence electrons. The van der Waals surface area contributed by atoms with Gasteiger partial charge >= 0.3 is 0 Å². The lowest BCUT2D eigenvalue weighted by molar-refractivity contribution is 0.803. The van der Waals surface area contributed by atoms with Crippen LogP contribution in [0.1, 0.15) is 5.56 Å².